The maximum atomic E-state index is 13.4. The lowest BCUT2D eigenvalue weighted by Crippen LogP contribution is -1.94. The molecule has 76 valence electrons. The first kappa shape index (κ1) is 10.4. The van der Waals surface area contributed by atoms with Gasteiger partial charge in [0.15, 0.2) is 0 Å². The molecule has 0 amide bonds. The zero-order valence-corrected chi connectivity index (χ0v) is 10.0. The summed E-state index contributed by atoms with van der Waals surface area (Å²) in [4.78, 5) is 0. The quantitative estimate of drug-likeness (QED) is 0.641. The summed E-state index contributed by atoms with van der Waals surface area (Å²) < 4.78 is 13.7. The lowest BCUT2D eigenvalue weighted by atomic mass is 9.98. The monoisotopic (exact) mass is 276 g/mol. The van der Waals surface area contributed by atoms with Crippen LogP contribution in [-0.4, -0.2) is 0 Å². The molecular weight excluding hydrogens is 266 g/mol. The number of hydrogen-bond acceptors (Lipinski definition) is 0. The predicted molar refractivity (Wildman–Crippen MR) is 60.3 cm³/mol. The Bertz CT molecular complexity index is 322. The lowest BCUT2D eigenvalue weighted by Gasteiger charge is -2.10. The van der Waals surface area contributed by atoms with Gasteiger partial charge in [-0.3, -0.25) is 0 Å². The number of benzene rings is 1. The molecule has 0 heterocycles. The smallest absolute Gasteiger partial charge is 0.139 e. The van der Waals surface area contributed by atoms with Crippen molar-refractivity contribution in [2.75, 3.05) is 0 Å². The summed E-state index contributed by atoms with van der Waals surface area (Å²) in [6.07, 6.45) is 4.83. The van der Waals surface area contributed by atoms with Crippen molar-refractivity contribution in [2.24, 2.45) is 0 Å². The minimum atomic E-state index is -0.251. The van der Waals surface area contributed by atoms with Crippen LogP contribution in [0.25, 0.3) is 0 Å². The standard InChI is InChI=1S/C11H11BrClF/c12-11-9(13)5-8(6-10(11)14)7-3-1-2-4-7/h5-7H,1-4H2. The molecule has 1 fully saturated rings. The van der Waals surface area contributed by atoms with Gasteiger partial charge in [0, 0.05) is 0 Å². The zero-order valence-electron chi connectivity index (χ0n) is 7.69. The van der Waals surface area contributed by atoms with Crippen molar-refractivity contribution in [1.29, 1.82) is 0 Å². The highest BCUT2D eigenvalue weighted by molar-refractivity contribution is 9.10. The second kappa shape index (κ2) is 4.19. The fraction of sp³-hybridized carbons (Fsp3) is 0.455. The molecule has 3 heteroatoms. The molecule has 0 radical (unpaired) electrons. The van der Waals surface area contributed by atoms with Crippen LogP contribution in [0.15, 0.2) is 16.6 Å². The van der Waals surface area contributed by atoms with Crippen molar-refractivity contribution in [3.05, 3.63) is 33.0 Å². The van der Waals surface area contributed by atoms with Crippen molar-refractivity contribution in [2.45, 2.75) is 31.6 Å². The molecule has 0 bridgehead atoms. The van der Waals surface area contributed by atoms with Gasteiger partial charge >= 0.3 is 0 Å². The van der Waals surface area contributed by atoms with Gasteiger partial charge in [-0.2, -0.15) is 0 Å². The van der Waals surface area contributed by atoms with Gasteiger partial charge in [0.1, 0.15) is 5.82 Å². The topological polar surface area (TPSA) is 0 Å². The molecule has 2 rings (SSSR count). The largest absolute Gasteiger partial charge is 0.206 e. The summed E-state index contributed by atoms with van der Waals surface area (Å²) in [6.45, 7) is 0. The van der Waals surface area contributed by atoms with E-state index in [9.17, 15) is 4.39 Å². The van der Waals surface area contributed by atoms with Crippen LogP contribution in [0.1, 0.15) is 37.2 Å². The Morgan fingerprint density at radius 2 is 1.93 bits per heavy atom. The molecule has 0 spiro atoms. The fourth-order valence-corrected chi connectivity index (χ4v) is 2.52. The van der Waals surface area contributed by atoms with Crippen LogP contribution < -0.4 is 0 Å². The molecule has 14 heavy (non-hydrogen) atoms. The summed E-state index contributed by atoms with van der Waals surface area (Å²) >= 11 is 9.03. The van der Waals surface area contributed by atoms with Crippen LogP contribution in [0.2, 0.25) is 5.02 Å². The Balaban J connectivity index is 2.34. The summed E-state index contributed by atoms with van der Waals surface area (Å²) in [5.41, 5.74) is 1.05. The average Bonchev–Trinajstić information content (AvgIpc) is 2.66. The van der Waals surface area contributed by atoms with Crippen LogP contribution in [0.3, 0.4) is 0 Å². The van der Waals surface area contributed by atoms with Crippen LogP contribution in [0, 0.1) is 5.82 Å². The van der Waals surface area contributed by atoms with E-state index in [1.54, 1.807) is 6.07 Å². The number of rotatable bonds is 1. The van der Waals surface area contributed by atoms with Gasteiger partial charge in [-0.15, -0.1) is 0 Å². The van der Waals surface area contributed by atoms with Crippen molar-refractivity contribution < 1.29 is 4.39 Å². The van der Waals surface area contributed by atoms with E-state index in [0.29, 0.717) is 15.4 Å². The van der Waals surface area contributed by atoms with Gasteiger partial charge in [-0.05, 0) is 52.4 Å². The summed E-state index contributed by atoms with van der Waals surface area (Å²) in [5.74, 6) is 0.259. The van der Waals surface area contributed by atoms with Gasteiger partial charge < -0.3 is 0 Å². The van der Waals surface area contributed by atoms with E-state index < -0.39 is 0 Å². The van der Waals surface area contributed by atoms with Crippen LogP contribution in [0.4, 0.5) is 4.39 Å². The molecule has 0 unspecified atom stereocenters. The van der Waals surface area contributed by atoms with Crippen molar-refractivity contribution in [1.82, 2.24) is 0 Å². The highest BCUT2D eigenvalue weighted by atomic mass is 79.9. The van der Waals surface area contributed by atoms with E-state index in [0.717, 1.165) is 18.4 Å². The maximum absolute atomic E-state index is 13.4. The summed E-state index contributed by atoms with van der Waals surface area (Å²) in [5, 5.41) is 0.479. The van der Waals surface area contributed by atoms with E-state index in [1.165, 1.54) is 12.8 Å². The fourth-order valence-electron chi connectivity index (χ4n) is 2.07. The molecule has 1 aromatic rings. The Morgan fingerprint density at radius 1 is 1.29 bits per heavy atom. The van der Waals surface area contributed by atoms with Gasteiger partial charge in [0.2, 0.25) is 0 Å². The second-order valence-electron chi connectivity index (χ2n) is 3.78. The Morgan fingerprint density at radius 3 is 2.50 bits per heavy atom. The van der Waals surface area contributed by atoms with E-state index >= 15 is 0 Å². The van der Waals surface area contributed by atoms with Crippen LogP contribution >= 0.6 is 27.5 Å². The lowest BCUT2D eigenvalue weighted by molar-refractivity contribution is 0.612. The molecule has 0 atom stereocenters. The first-order valence-corrected chi connectivity index (χ1v) is 6.00. The Hall–Kier alpha value is -0.0800. The van der Waals surface area contributed by atoms with E-state index in [4.69, 9.17) is 11.6 Å². The molecule has 1 saturated carbocycles. The minimum Gasteiger partial charge on any atom is -0.206 e. The third-order valence-corrected chi connectivity index (χ3v) is 4.17. The van der Waals surface area contributed by atoms with E-state index in [2.05, 4.69) is 15.9 Å². The van der Waals surface area contributed by atoms with Gasteiger partial charge in [0.05, 0.1) is 9.50 Å². The van der Waals surface area contributed by atoms with Gasteiger partial charge in [-0.25, -0.2) is 4.39 Å². The minimum absolute atomic E-state index is 0.251. The van der Waals surface area contributed by atoms with Crippen molar-refractivity contribution >= 4 is 27.5 Å². The maximum Gasteiger partial charge on any atom is 0.139 e. The molecule has 1 aromatic carbocycles. The van der Waals surface area contributed by atoms with Crippen LogP contribution in [-0.2, 0) is 0 Å². The zero-order chi connectivity index (χ0) is 10.1. The Kier molecular flexibility index (Phi) is 3.13. The third-order valence-electron chi connectivity index (χ3n) is 2.83. The van der Waals surface area contributed by atoms with Gasteiger partial charge in [-0.1, -0.05) is 24.4 Å². The molecule has 0 N–H and O–H groups in total. The molecule has 1 aliphatic rings. The normalized spacial score (nSPS) is 17.6. The van der Waals surface area contributed by atoms with Gasteiger partial charge in [0.25, 0.3) is 0 Å². The molecular formula is C11H11BrClF. The molecule has 0 nitrogen and oxygen atoms in total. The SMILES string of the molecule is Fc1cc(C2CCCC2)cc(Cl)c1Br. The average molecular weight is 278 g/mol. The predicted octanol–water partition coefficient (Wildman–Crippen LogP) is 4.90. The molecule has 0 aliphatic heterocycles. The van der Waals surface area contributed by atoms with E-state index in [1.807, 2.05) is 6.07 Å². The first-order valence-electron chi connectivity index (χ1n) is 4.83. The number of halogens is 3. The first-order chi connectivity index (χ1) is 6.68. The third kappa shape index (κ3) is 1.96. The summed E-state index contributed by atoms with van der Waals surface area (Å²) in [6, 6.07) is 3.48. The van der Waals surface area contributed by atoms with Crippen LogP contribution in [0.5, 0.6) is 0 Å². The highest BCUT2D eigenvalue weighted by Crippen LogP contribution is 2.37. The second-order valence-corrected chi connectivity index (χ2v) is 4.98. The van der Waals surface area contributed by atoms with E-state index in [-0.39, 0.29) is 5.82 Å². The van der Waals surface area contributed by atoms with Crippen molar-refractivity contribution in [3.63, 3.8) is 0 Å². The Labute approximate surface area is 96.6 Å². The molecule has 0 saturated heterocycles. The summed E-state index contributed by atoms with van der Waals surface area (Å²) in [7, 11) is 0. The highest BCUT2D eigenvalue weighted by Gasteiger charge is 2.19. The number of hydrogen-bond donors (Lipinski definition) is 0. The molecule has 0 aromatic heterocycles. The van der Waals surface area contributed by atoms with Crippen molar-refractivity contribution in [3.8, 4) is 0 Å². The molecule has 1 aliphatic carbocycles.